The van der Waals surface area contributed by atoms with Crippen LogP contribution in [0.2, 0.25) is 0 Å². The molecule has 0 saturated carbocycles. The Kier molecular flexibility index (Phi) is 8.34. The zero-order chi connectivity index (χ0) is 18.9. The van der Waals surface area contributed by atoms with Crippen LogP contribution in [-0.2, 0) is 26.3 Å². The lowest BCUT2D eigenvalue weighted by Crippen LogP contribution is -2.59. The van der Waals surface area contributed by atoms with Crippen LogP contribution < -0.4 is 5.32 Å². The van der Waals surface area contributed by atoms with Gasteiger partial charge in [0.05, 0.1) is 36.7 Å². The summed E-state index contributed by atoms with van der Waals surface area (Å²) in [5.41, 5.74) is 1.76. The van der Waals surface area contributed by atoms with Crippen molar-refractivity contribution in [2.24, 2.45) is 0 Å². The van der Waals surface area contributed by atoms with E-state index >= 15 is 0 Å². The first-order chi connectivity index (χ1) is 13.1. The molecule has 2 N–H and O–H groups in total. The molecule has 8 nitrogen and oxygen atoms in total. The van der Waals surface area contributed by atoms with Gasteiger partial charge in [-0.3, -0.25) is 9.59 Å². The minimum Gasteiger partial charge on any atom is -0.375 e. The molecular weight excluding hydrogens is 417 g/mol. The van der Waals surface area contributed by atoms with E-state index in [4.69, 9.17) is 4.74 Å². The molecule has 0 aromatic carbocycles. The van der Waals surface area contributed by atoms with E-state index in [-0.39, 0.29) is 48.3 Å². The first kappa shape index (κ1) is 23.9. The molecule has 2 saturated heterocycles. The fourth-order valence-electron chi connectivity index (χ4n) is 4.74. The smallest absolute Gasteiger partial charge is 0.225 e. The summed E-state index contributed by atoms with van der Waals surface area (Å²) in [4.78, 5) is 37.1. The number of amides is 2. The third-order valence-electron chi connectivity index (χ3n) is 6.21. The quantitative estimate of drug-likeness (QED) is 0.727. The number of carbonyl (C=O) groups excluding carboxylic acids is 2. The summed E-state index contributed by atoms with van der Waals surface area (Å²) in [5, 5.41) is 3.27. The number of nitrogens with one attached hydrogen (secondary N) is 2. The van der Waals surface area contributed by atoms with Crippen molar-refractivity contribution in [3.63, 3.8) is 0 Å². The molecule has 1 aromatic heterocycles. The molecule has 0 aliphatic carbocycles. The van der Waals surface area contributed by atoms with Crippen molar-refractivity contribution in [3.05, 3.63) is 17.7 Å². The van der Waals surface area contributed by atoms with Crippen molar-refractivity contribution in [1.29, 1.82) is 0 Å². The summed E-state index contributed by atoms with van der Waals surface area (Å²) >= 11 is 0. The second-order valence-electron chi connectivity index (χ2n) is 7.69. The van der Waals surface area contributed by atoms with Gasteiger partial charge in [-0.25, -0.2) is 4.98 Å². The van der Waals surface area contributed by atoms with Gasteiger partial charge in [-0.1, -0.05) is 6.92 Å². The molecule has 29 heavy (non-hydrogen) atoms. The summed E-state index contributed by atoms with van der Waals surface area (Å²) in [6.45, 7) is 6.18. The Morgan fingerprint density at radius 1 is 1.24 bits per heavy atom. The van der Waals surface area contributed by atoms with Crippen molar-refractivity contribution in [3.8, 4) is 0 Å². The number of morpholine rings is 1. The van der Waals surface area contributed by atoms with Gasteiger partial charge in [0.1, 0.15) is 0 Å². The molecule has 1 atom stereocenters. The van der Waals surface area contributed by atoms with E-state index in [2.05, 4.69) is 15.3 Å². The predicted octanol–water partition coefficient (Wildman–Crippen LogP) is 1.24. The summed E-state index contributed by atoms with van der Waals surface area (Å²) in [7, 11) is 0. The van der Waals surface area contributed by atoms with Gasteiger partial charge in [-0.15, -0.1) is 24.8 Å². The van der Waals surface area contributed by atoms with Crippen molar-refractivity contribution >= 4 is 36.6 Å². The average molecular weight is 448 g/mol. The van der Waals surface area contributed by atoms with Crippen LogP contribution in [0.4, 0.5) is 0 Å². The van der Waals surface area contributed by atoms with Gasteiger partial charge in [-0.2, -0.15) is 0 Å². The maximum atomic E-state index is 12.7. The van der Waals surface area contributed by atoms with Crippen LogP contribution >= 0.6 is 24.8 Å². The minimum absolute atomic E-state index is 0. The second-order valence-corrected chi connectivity index (χ2v) is 7.69. The highest BCUT2D eigenvalue weighted by atomic mass is 35.5. The van der Waals surface area contributed by atoms with E-state index in [0.29, 0.717) is 32.5 Å². The number of H-pyrrole nitrogens is 1. The van der Waals surface area contributed by atoms with E-state index < -0.39 is 0 Å². The number of rotatable bonds is 3. The Labute approximate surface area is 183 Å². The number of halogens is 2. The van der Waals surface area contributed by atoms with Crippen LogP contribution in [0.15, 0.2) is 6.33 Å². The lowest BCUT2D eigenvalue weighted by atomic mass is 9.78. The fourth-order valence-corrected chi connectivity index (χ4v) is 4.74. The number of nitrogens with zero attached hydrogens (tertiary/aromatic N) is 3. The number of hydrogen-bond acceptors (Lipinski definition) is 5. The number of likely N-dealkylation sites (tertiary alicyclic amines) is 1. The summed E-state index contributed by atoms with van der Waals surface area (Å²) in [6, 6.07) is 0. The molecule has 4 rings (SSSR count). The molecule has 164 valence electrons. The number of imidazole rings is 1. The molecular formula is C19H31Cl2N5O3. The molecule has 4 heterocycles. The lowest BCUT2D eigenvalue weighted by molar-refractivity contribution is -0.145. The second kappa shape index (κ2) is 10.1. The van der Waals surface area contributed by atoms with Gasteiger partial charge < -0.3 is 24.8 Å². The number of ether oxygens (including phenoxy) is 1. The Hall–Kier alpha value is -1.35. The van der Waals surface area contributed by atoms with Crippen LogP contribution in [0.1, 0.15) is 44.0 Å². The normalized spacial score (nSPS) is 23.0. The van der Waals surface area contributed by atoms with E-state index in [9.17, 15) is 9.59 Å². The average Bonchev–Trinajstić information content (AvgIpc) is 3.19. The van der Waals surface area contributed by atoms with Gasteiger partial charge in [0.25, 0.3) is 0 Å². The van der Waals surface area contributed by atoms with Crippen LogP contribution in [0.3, 0.4) is 0 Å². The maximum absolute atomic E-state index is 12.7. The Bertz CT molecular complexity index is 700. The zero-order valence-corrected chi connectivity index (χ0v) is 18.4. The number of aromatic amines is 1. The number of piperidine rings is 1. The van der Waals surface area contributed by atoms with E-state index in [0.717, 1.165) is 50.3 Å². The van der Waals surface area contributed by atoms with Crippen LogP contribution in [-0.4, -0.2) is 77.0 Å². The highest BCUT2D eigenvalue weighted by Gasteiger charge is 2.48. The SMILES string of the molecule is CCC(=O)N1CCc2[nH]cnc2C12CCN(C(=O)CC1CNCCO1)CC2.Cl.Cl. The van der Waals surface area contributed by atoms with E-state index in [1.807, 2.05) is 16.7 Å². The third-order valence-corrected chi connectivity index (χ3v) is 6.21. The third kappa shape index (κ3) is 4.55. The predicted molar refractivity (Wildman–Crippen MR) is 114 cm³/mol. The van der Waals surface area contributed by atoms with Crippen LogP contribution in [0, 0.1) is 0 Å². The highest BCUT2D eigenvalue weighted by molar-refractivity contribution is 5.85. The molecule has 2 amide bonds. The van der Waals surface area contributed by atoms with Crippen molar-refractivity contribution in [2.75, 3.05) is 39.3 Å². The van der Waals surface area contributed by atoms with Crippen LogP contribution in [0.25, 0.3) is 0 Å². The zero-order valence-electron chi connectivity index (χ0n) is 16.8. The van der Waals surface area contributed by atoms with Crippen molar-refractivity contribution < 1.29 is 14.3 Å². The standard InChI is InChI=1S/C19H29N5O3.2ClH/c1-2-16(25)24-7-3-15-18(22-13-21-15)19(24)4-8-23(9-5-19)17(26)11-14-12-20-6-10-27-14;;/h13-14,20H,2-12H2,1H3,(H,21,22);2*1H. The molecule has 1 unspecified atom stereocenters. The number of hydrogen-bond donors (Lipinski definition) is 2. The first-order valence-corrected chi connectivity index (χ1v) is 10.1. The first-order valence-electron chi connectivity index (χ1n) is 10.1. The topological polar surface area (TPSA) is 90.6 Å². The van der Waals surface area contributed by atoms with E-state index in [1.165, 1.54) is 0 Å². The van der Waals surface area contributed by atoms with Crippen LogP contribution in [0.5, 0.6) is 0 Å². The molecule has 0 radical (unpaired) electrons. The van der Waals surface area contributed by atoms with Crippen molar-refractivity contribution in [2.45, 2.75) is 50.7 Å². The summed E-state index contributed by atoms with van der Waals surface area (Å²) in [5.74, 6) is 0.315. The Morgan fingerprint density at radius 3 is 2.66 bits per heavy atom. The molecule has 1 spiro atoms. The van der Waals surface area contributed by atoms with Gasteiger partial charge >= 0.3 is 0 Å². The van der Waals surface area contributed by atoms with Gasteiger partial charge in [0.15, 0.2) is 0 Å². The number of fused-ring (bicyclic) bond motifs is 2. The minimum atomic E-state index is -0.375. The summed E-state index contributed by atoms with van der Waals surface area (Å²) in [6.07, 6.45) is 4.92. The molecule has 3 aliphatic heterocycles. The Morgan fingerprint density at radius 2 is 2.00 bits per heavy atom. The molecule has 2 fully saturated rings. The summed E-state index contributed by atoms with van der Waals surface area (Å²) < 4.78 is 5.67. The lowest BCUT2D eigenvalue weighted by Gasteiger charge is -2.50. The largest absolute Gasteiger partial charge is 0.375 e. The maximum Gasteiger partial charge on any atom is 0.225 e. The molecule has 0 bridgehead atoms. The number of carbonyl (C=O) groups is 2. The molecule has 1 aromatic rings. The van der Waals surface area contributed by atoms with E-state index in [1.54, 1.807) is 6.33 Å². The highest BCUT2D eigenvalue weighted by Crippen LogP contribution is 2.42. The number of aromatic nitrogens is 2. The molecule has 3 aliphatic rings. The van der Waals surface area contributed by atoms with Crippen molar-refractivity contribution in [1.82, 2.24) is 25.1 Å². The van der Waals surface area contributed by atoms with Gasteiger partial charge in [-0.05, 0) is 12.8 Å². The van der Waals surface area contributed by atoms with Gasteiger partial charge in [0, 0.05) is 51.3 Å². The molecule has 10 heteroatoms. The monoisotopic (exact) mass is 447 g/mol. The fraction of sp³-hybridized carbons (Fsp3) is 0.737. The van der Waals surface area contributed by atoms with Gasteiger partial charge in [0.2, 0.25) is 11.8 Å². The Balaban J connectivity index is 0.00000150.